The molecule has 0 spiro atoms. The van der Waals surface area contributed by atoms with Crippen LogP contribution in [0.25, 0.3) is 11.5 Å². The number of piperazine rings is 1. The lowest BCUT2D eigenvalue weighted by molar-refractivity contribution is -0.902. The summed E-state index contributed by atoms with van der Waals surface area (Å²) in [5, 5.41) is 8.41. The summed E-state index contributed by atoms with van der Waals surface area (Å²) in [6.07, 6.45) is 0. The summed E-state index contributed by atoms with van der Waals surface area (Å²) in [5.74, 6) is 0.640. The molecule has 1 amide bonds. The molecule has 25 heavy (non-hydrogen) atoms. The second-order valence-corrected chi connectivity index (χ2v) is 7.72. The van der Waals surface area contributed by atoms with E-state index in [9.17, 15) is 4.79 Å². The Kier molecular flexibility index (Phi) is 5.75. The molecule has 1 aromatic heterocycles. The molecule has 0 bridgehead atoms. The maximum Gasteiger partial charge on any atom is 0.277 e. The lowest BCUT2D eigenvalue weighted by Crippen LogP contribution is -3.14. The summed E-state index contributed by atoms with van der Waals surface area (Å²) in [6.45, 7) is 10.9. The van der Waals surface area contributed by atoms with Crippen LogP contribution in [0.1, 0.15) is 19.4 Å². The van der Waals surface area contributed by atoms with Gasteiger partial charge in [0.25, 0.3) is 5.22 Å². The van der Waals surface area contributed by atoms with Gasteiger partial charge < -0.3 is 14.2 Å². The molecule has 0 unspecified atom stereocenters. The van der Waals surface area contributed by atoms with E-state index in [2.05, 4.69) is 17.1 Å². The first-order valence-corrected chi connectivity index (χ1v) is 9.64. The molecule has 134 valence electrons. The van der Waals surface area contributed by atoms with Crippen molar-refractivity contribution in [3.8, 4) is 11.5 Å². The van der Waals surface area contributed by atoms with Crippen LogP contribution in [0.4, 0.5) is 0 Å². The topological polar surface area (TPSA) is 63.7 Å². The maximum atomic E-state index is 12.6. The number of hydrogen-bond acceptors (Lipinski definition) is 5. The predicted molar refractivity (Wildman–Crippen MR) is 97.6 cm³/mol. The molecule has 0 saturated carbocycles. The lowest BCUT2D eigenvalue weighted by atomic mass is 10.1. The van der Waals surface area contributed by atoms with Crippen molar-refractivity contribution in [2.24, 2.45) is 0 Å². The van der Waals surface area contributed by atoms with Crippen LogP contribution in [0, 0.1) is 6.92 Å². The van der Waals surface area contributed by atoms with Crippen molar-refractivity contribution in [2.45, 2.75) is 31.2 Å². The van der Waals surface area contributed by atoms with Gasteiger partial charge in [0.2, 0.25) is 11.8 Å². The van der Waals surface area contributed by atoms with E-state index in [0.29, 0.717) is 11.1 Å². The van der Waals surface area contributed by atoms with Gasteiger partial charge >= 0.3 is 0 Å². The minimum Gasteiger partial charge on any atom is -0.411 e. The first-order chi connectivity index (χ1) is 12.1. The molecule has 0 aliphatic carbocycles. The molecule has 1 aromatic carbocycles. The van der Waals surface area contributed by atoms with Crippen LogP contribution in [0.2, 0.25) is 0 Å². The summed E-state index contributed by atoms with van der Waals surface area (Å²) in [5.41, 5.74) is 2.04. The highest BCUT2D eigenvalue weighted by Crippen LogP contribution is 2.27. The van der Waals surface area contributed by atoms with Crippen LogP contribution in [0.15, 0.2) is 33.9 Å². The number of aromatic nitrogens is 2. The molecule has 7 heteroatoms. The standard InChI is InChI=1S/C18H24N4O2S/c1-4-21-8-10-22(11-9-21)17(23)14(3)25-18-20-19-16(24-18)15-7-5-6-13(2)12-15/h5-7,12,14H,4,8-11H2,1-3H3/p+1/t14-/m0/s1. The van der Waals surface area contributed by atoms with E-state index in [-0.39, 0.29) is 11.2 Å². The minimum atomic E-state index is -0.228. The van der Waals surface area contributed by atoms with Crippen molar-refractivity contribution >= 4 is 17.7 Å². The van der Waals surface area contributed by atoms with Gasteiger partial charge in [-0.05, 0) is 32.9 Å². The highest BCUT2D eigenvalue weighted by atomic mass is 32.2. The van der Waals surface area contributed by atoms with Gasteiger partial charge in [-0.25, -0.2) is 0 Å². The third-order valence-electron chi connectivity index (χ3n) is 4.58. The summed E-state index contributed by atoms with van der Waals surface area (Å²) < 4.78 is 5.73. The molecule has 3 rings (SSSR count). The third-order valence-corrected chi connectivity index (χ3v) is 5.50. The van der Waals surface area contributed by atoms with E-state index in [1.54, 1.807) is 4.90 Å². The average Bonchev–Trinajstić information content (AvgIpc) is 3.09. The fraction of sp³-hybridized carbons (Fsp3) is 0.500. The van der Waals surface area contributed by atoms with Gasteiger partial charge in [0.05, 0.1) is 38.0 Å². The Morgan fingerprint density at radius 1 is 1.36 bits per heavy atom. The number of amides is 1. The van der Waals surface area contributed by atoms with E-state index in [0.717, 1.165) is 43.9 Å². The maximum absolute atomic E-state index is 12.6. The fourth-order valence-electron chi connectivity index (χ4n) is 3.01. The van der Waals surface area contributed by atoms with Gasteiger partial charge in [0.15, 0.2) is 0 Å². The smallest absolute Gasteiger partial charge is 0.277 e. The van der Waals surface area contributed by atoms with Gasteiger partial charge in [-0.3, -0.25) is 4.79 Å². The Hall–Kier alpha value is -1.86. The summed E-state index contributed by atoms with van der Waals surface area (Å²) in [6, 6.07) is 7.94. The molecular formula is C18H25N4O2S+. The van der Waals surface area contributed by atoms with Crippen molar-refractivity contribution in [1.82, 2.24) is 15.1 Å². The molecule has 1 saturated heterocycles. The zero-order chi connectivity index (χ0) is 17.8. The summed E-state index contributed by atoms with van der Waals surface area (Å²) >= 11 is 1.33. The molecule has 1 atom stereocenters. The summed E-state index contributed by atoms with van der Waals surface area (Å²) in [4.78, 5) is 16.1. The van der Waals surface area contributed by atoms with Gasteiger partial charge in [0, 0.05) is 5.56 Å². The Morgan fingerprint density at radius 3 is 2.80 bits per heavy atom. The van der Waals surface area contributed by atoms with Crippen LogP contribution < -0.4 is 4.90 Å². The first-order valence-electron chi connectivity index (χ1n) is 8.76. The Labute approximate surface area is 152 Å². The number of benzene rings is 1. The number of carbonyl (C=O) groups excluding carboxylic acids is 1. The van der Waals surface area contributed by atoms with Crippen LogP contribution in [0.3, 0.4) is 0 Å². The number of aryl methyl sites for hydroxylation is 1. The van der Waals surface area contributed by atoms with Crippen LogP contribution in [0.5, 0.6) is 0 Å². The van der Waals surface area contributed by atoms with E-state index in [1.807, 2.05) is 43.0 Å². The van der Waals surface area contributed by atoms with Crippen molar-refractivity contribution in [2.75, 3.05) is 32.7 Å². The molecule has 1 aliphatic heterocycles. The largest absolute Gasteiger partial charge is 0.411 e. The van der Waals surface area contributed by atoms with Crippen LogP contribution in [-0.4, -0.2) is 59.0 Å². The van der Waals surface area contributed by atoms with Crippen molar-refractivity contribution < 1.29 is 14.1 Å². The van der Waals surface area contributed by atoms with E-state index in [4.69, 9.17) is 4.42 Å². The van der Waals surface area contributed by atoms with Crippen LogP contribution >= 0.6 is 11.8 Å². The van der Waals surface area contributed by atoms with E-state index >= 15 is 0 Å². The molecule has 1 fully saturated rings. The quantitative estimate of drug-likeness (QED) is 0.813. The number of nitrogens with one attached hydrogen (secondary N) is 1. The monoisotopic (exact) mass is 361 g/mol. The first kappa shape index (κ1) is 17.9. The highest BCUT2D eigenvalue weighted by Gasteiger charge is 2.28. The minimum absolute atomic E-state index is 0.149. The second-order valence-electron chi connectivity index (χ2n) is 6.43. The lowest BCUT2D eigenvalue weighted by Gasteiger charge is -2.32. The van der Waals surface area contributed by atoms with Crippen molar-refractivity contribution in [3.05, 3.63) is 29.8 Å². The number of carbonyl (C=O) groups is 1. The molecule has 2 heterocycles. The molecular weight excluding hydrogens is 336 g/mol. The summed E-state index contributed by atoms with van der Waals surface area (Å²) in [7, 11) is 0. The van der Waals surface area contributed by atoms with Gasteiger partial charge in [-0.1, -0.05) is 29.5 Å². The molecule has 1 aliphatic rings. The van der Waals surface area contributed by atoms with Crippen molar-refractivity contribution in [3.63, 3.8) is 0 Å². The van der Waals surface area contributed by atoms with Gasteiger partial charge in [-0.15, -0.1) is 10.2 Å². The van der Waals surface area contributed by atoms with Gasteiger partial charge in [0.1, 0.15) is 0 Å². The number of rotatable bonds is 5. The molecule has 1 N–H and O–H groups in total. The molecule has 2 aromatic rings. The number of nitrogens with zero attached hydrogens (tertiary/aromatic N) is 3. The molecule has 6 nitrogen and oxygen atoms in total. The Balaban J connectivity index is 1.60. The highest BCUT2D eigenvalue weighted by molar-refractivity contribution is 8.00. The number of likely N-dealkylation sites (N-methyl/N-ethyl adjacent to an activating group) is 1. The SMILES string of the molecule is CC[NH+]1CCN(C(=O)[C@H](C)Sc2nnc(-c3cccc(C)c3)o2)CC1. The van der Waals surface area contributed by atoms with Crippen molar-refractivity contribution in [1.29, 1.82) is 0 Å². The fourth-order valence-corrected chi connectivity index (χ4v) is 3.78. The average molecular weight is 361 g/mol. The van der Waals surface area contributed by atoms with E-state index < -0.39 is 0 Å². The Morgan fingerprint density at radius 2 is 2.12 bits per heavy atom. The normalized spacial score (nSPS) is 16.8. The predicted octanol–water partition coefficient (Wildman–Crippen LogP) is 1.27. The number of thioether (sulfide) groups is 1. The van der Waals surface area contributed by atoms with Crippen LogP contribution in [-0.2, 0) is 4.79 Å². The number of hydrogen-bond donors (Lipinski definition) is 1. The zero-order valence-corrected chi connectivity index (χ0v) is 15.8. The Bertz CT molecular complexity index is 725. The van der Waals surface area contributed by atoms with E-state index in [1.165, 1.54) is 11.8 Å². The number of quaternary nitrogens is 1. The van der Waals surface area contributed by atoms with Gasteiger partial charge in [-0.2, -0.15) is 0 Å². The zero-order valence-electron chi connectivity index (χ0n) is 15.0. The second kappa shape index (κ2) is 8.01. The third kappa shape index (κ3) is 4.41. The molecule has 0 radical (unpaired) electrons.